The molecule has 1 aliphatic rings. The van der Waals surface area contributed by atoms with Gasteiger partial charge in [0.05, 0.1) is 0 Å². The fraction of sp³-hybridized carbons (Fsp3) is 0.375. The van der Waals surface area contributed by atoms with Crippen molar-refractivity contribution in [3.63, 3.8) is 0 Å². The molecule has 1 fully saturated rings. The van der Waals surface area contributed by atoms with E-state index >= 15 is 0 Å². The molecule has 0 unspecified atom stereocenters. The average molecular weight is 408 g/mol. The summed E-state index contributed by atoms with van der Waals surface area (Å²) in [5.41, 5.74) is 1.67. The average Bonchev–Trinajstić information content (AvgIpc) is 2.81. The van der Waals surface area contributed by atoms with Crippen molar-refractivity contribution in [2.75, 3.05) is 19.6 Å². The van der Waals surface area contributed by atoms with E-state index in [0.29, 0.717) is 45.3 Å². The lowest BCUT2D eigenvalue weighted by Gasteiger charge is -2.31. The molecular formula is C24H28N2O4. The molecule has 0 radical (unpaired) electrons. The SMILES string of the molecule is O=C(NCCCC(=O)N1CCC(C(=O)c2ccccc2)CC1)OCc1ccccc1. The lowest BCUT2D eigenvalue weighted by atomic mass is 9.89. The number of ether oxygens (including phenoxy) is 1. The molecule has 6 nitrogen and oxygen atoms in total. The van der Waals surface area contributed by atoms with Crippen LogP contribution in [-0.2, 0) is 16.1 Å². The van der Waals surface area contributed by atoms with Gasteiger partial charge in [-0.2, -0.15) is 0 Å². The molecule has 0 spiro atoms. The summed E-state index contributed by atoms with van der Waals surface area (Å²) in [6.45, 7) is 1.83. The van der Waals surface area contributed by atoms with Crippen LogP contribution in [0.4, 0.5) is 4.79 Å². The van der Waals surface area contributed by atoms with Gasteiger partial charge in [0.2, 0.25) is 5.91 Å². The molecule has 1 aliphatic heterocycles. The Bertz CT molecular complexity index is 831. The predicted molar refractivity (Wildman–Crippen MR) is 114 cm³/mol. The van der Waals surface area contributed by atoms with Crippen molar-refractivity contribution >= 4 is 17.8 Å². The molecule has 0 aromatic heterocycles. The summed E-state index contributed by atoms with van der Waals surface area (Å²) < 4.78 is 5.14. The van der Waals surface area contributed by atoms with Crippen LogP contribution in [0.5, 0.6) is 0 Å². The van der Waals surface area contributed by atoms with Gasteiger partial charge in [0, 0.05) is 37.5 Å². The van der Waals surface area contributed by atoms with Crippen LogP contribution in [0.3, 0.4) is 0 Å². The topological polar surface area (TPSA) is 75.7 Å². The third-order valence-electron chi connectivity index (χ3n) is 5.33. The van der Waals surface area contributed by atoms with Gasteiger partial charge in [-0.3, -0.25) is 9.59 Å². The van der Waals surface area contributed by atoms with Crippen LogP contribution in [-0.4, -0.2) is 42.3 Å². The third kappa shape index (κ3) is 6.44. The Morgan fingerprint density at radius 1 is 0.933 bits per heavy atom. The molecule has 1 N–H and O–H groups in total. The summed E-state index contributed by atoms with van der Waals surface area (Å²) in [4.78, 5) is 38.5. The number of nitrogens with one attached hydrogen (secondary N) is 1. The Labute approximate surface area is 177 Å². The number of piperidine rings is 1. The number of rotatable bonds is 8. The molecule has 158 valence electrons. The lowest BCUT2D eigenvalue weighted by molar-refractivity contribution is -0.132. The van der Waals surface area contributed by atoms with Crippen molar-refractivity contribution in [2.24, 2.45) is 5.92 Å². The van der Waals surface area contributed by atoms with E-state index < -0.39 is 6.09 Å². The first-order valence-corrected chi connectivity index (χ1v) is 10.4. The highest BCUT2D eigenvalue weighted by Gasteiger charge is 2.27. The van der Waals surface area contributed by atoms with Gasteiger partial charge in [0.15, 0.2) is 5.78 Å². The van der Waals surface area contributed by atoms with E-state index in [0.717, 1.165) is 11.1 Å². The molecule has 1 heterocycles. The predicted octanol–water partition coefficient (Wildman–Crippen LogP) is 3.81. The minimum Gasteiger partial charge on any atom is -0.445 e. The first kappa shape index (κ1) is 21.6. The first-order chi connectivity index (χ1) is 14.6. The number of hydrogen-bond acceptors (Lipinski definition) is 4. The first-order valence-electron chi connectivity index (χ1n) is 10.4. The molecule has 2 aromatic rings. The highest BCUT2D eigenvalue weighted by Crippen LogP contribution is 2.22. The van der Waals surface area contributed by atoms with Crippen molar-refractivity contribution in [3.05, 3.63) is 71.8 Å². The fourth-order valence-electron chi connectivity index (χ4n) is 3.59. The summed E-state index contributed by atoms with van der Waals surface area (Å²) in [5.74, 6) is 0.221. The highest BCUT2D eigenvalue weighted by atomic mass is 16.5. The second-order valence-corrected chi connectivity index (χ2v) is 7.48. The van der Waals surface area contributed by atoms with Crippen molar-refractivity contribution in [1.82, 2.24) is 10.2 Å². The minimum atomic E-state index is -0.480. The van der Waals surface area contributed by atoms with Gasteiger partial charge >= 0.3 is 6.09 Å². The second-order valence-electron chi connectivity index (χ2n) is 7.48. The molecule has 0 atom stereocenters. The molecule has 6 heteroatoms. The number of carbonyl (C=O) groups excluding carboxylic acids is 3. The van der Waals surface area contributed by atoms with Crippen LogP contribution in [0.15, 0.2) is 60.7 Å². The third-order valence-corrected chi connectivity index (χ3v) is 5.33. The maximum Gasteiger partial charge on any atom is 0.407 e. The zero-order valence-electron chi connectivity index (χ0n) is 17.1. The Kier molecular flexibility index (Phi) is 8.01. The number of ketones is 1. The molecule has 0 saturated carbocycles. The van der Waals surface area contributed by atoms with E-state index in [2.05, 4.69) is 5.32 Å². The standard InChI is InChI=1S/C24H28N2O4/c27-22(12-7-15-25-24(29)30-18-19-8-3-1-4-9-19)26-16-13-21(14-17-26)23(28)20-10-5-2-6-11-20/h1-6,8-11,21H,7,12-18H2,(H,25,29). The maximum atomic E-state index is 12.5. The Balaban J connectivity index is 1.29. The molecule has 2 amide bonds. The number of nitrogens with zero attached hydrogens (tertiary/aromatic N) is 1. The van der Waals surface area contributed by atoms with Gasteiger partial charge in [-0.05, 0) is 24.8 Å². The molecule has 2 aromatic carbocycles. The van der Waals surface area contributed by atoms with Crippen LogP contribution in [0.1, 0.15) is 41.6 Å². The Hall–Kier alpha value is -3.15. The van der Waals surface area contributed by atoms with Crippen molar-refractivity contribution in [3.8, 4) is 0 Å². The molecule has 3 rings (SSSR count). The van der Waals surface area contributed by atoms with Crippen LogP contribution in [0.2, 0.25) is 0 Å². The molecule has 0 bridgehead atoms. The van der Waals surface area contributed by atoms with E-state index in [1.54, 1.807) is 0 Å². The minimum absolute atomic E-state index is 0.0162. The van der Waals surface area contributed by atoms with Gasteiger partial charge in [-0.15, -0.1) is 0 Å². The van der Waals surface area contributed by atoms with E-state index in [4.69, 9.17) is 4.74 Å². The maximum absolute atomic E-state index is 12.5. The monoisotopic (exact) mass is 408 g/mol. The van der Waals surface area contributed by atoms with Crippen molar-refractivity contribution in [2.45, 2.75) is 32.3 Å². The number of carbonyl (C=O) groups is 3. The smallest absolute Gasteiger partial charge is 0.407 e. The summed E-state index contributed by atoms with van der Waals surface area (Å²) >= 11 is 0. The zero-order chi connectivity index (χ0) is 21.2. The van der Waals surface area contributed by atoms with Gasteiger partial charge < -0.3 is 15.0 Å². The van der Waals surface area contributed by atoms with Gasteiger partial charge in [-0.1, -0.05) is 60.7 Å². The number of benzene rings is 2. The molecular weight excluding hydrogens is 380 g/mol. The molecule has 30 heavy (non-hydrogen) atoms. The summed E-state index contributed by atoms with van der Waals surface area (Å²) in [6, 6.07) is 18.8. The Morgan fingerprint density at radius 2 is 1.57 bits per heavy atom. The zero-order valence-corrected chi connectivity index (χ0v) is 17.1. The van der Waals surface area contributed by atoms with E-state index in [1.807, 2.05) is 65.6 Å². The largest absolute Gasteiger partial charge is 0.445 e. The quantitative estimate of drug-likeness (QED) is 0.532. The number of Topliss-reactive ketones (excluding diaryl/α,β-unsaturated/α-hetero) is 1. The number of alkyl carbamates (subject to hydrolysis) is 1. The number of hydrogen-bond donors (Lipinski definition) is 1. The summed E-state index contributed by atoms with van der Waals surface area (Å²) in [7, 11) is 0. The van der Waals surface area contributed by atoms with E-state index in [1.165, 1.54) is 0 Å². The van der Waals surface area contributed by atoms with Crippen LogP contribution in [0, 0.1) is 5.92 Å². The van der Waals surface area contributed by atoms with Crippen molar-refractivity contribution in [1.29, 1.82) is 0 Å². The van der Waals surface area contributed by atoms with Crippen LogP contribution >= 0.6 is 0 Å². The van der Waals surface area contributed by atoms with E-state index in [-0.39, 0.29) is 24.2 Å². The van der Waals surface area contributed by atoms with Crippen LogP contribution < -0.4 is 5.32 Å². The normalized spacial score (nSPS) is 14.2. The summed E-state index contributed by atoms with van der Waals surface area (Å²) in [5, 5.41) is 2.67. The highest BCUT2D eigenvalue weighted by molar-refractivity contribution is 5.98. The fourth-order valence-corrected chi connectivity index (χ4v) is 3.59. The van der Waals surface area contributed by atoms with Crippen molar-refractivity contribution < 1.29 is 19.1 Å². The Morgan fingerprint density at radius 3 is 2.23 bits per heavy atom. The summed E-state index contributed by atoms with van der Waals surface area (Å²) in [6.07, 6.45) is 1.84. The lowest BCUT2D eigenvalue weighted by Crippen LogP contribution is -2.40. The van der Waals surface area contributed by atoms with Gasteiger partial charge in [-0.25, -0.2) is 4.79 Å². The molecule has 1 saturated heterocycles. The molecule has 0 aliphatic carbocycles. The van der Waals surface area contributed by atoms with Crippen LogP contribution in [0.25, 0.3) is 0 Å². The number of amides is 2. The second kappa shape index (κ2) is 11.1. The van der Waals surface area contributed by atoms with Gasteiger partial charge in [0.1, 0.15) is 6.61 Å². The number of likely N-dealkylation sites (tertiary alicyclic amines) is 1. The van der Waals surface area contributed by atoms with E-state index in [9.17, 15) is 14.4 Å². The van der Waals surface area contributed by atoms with Gasteiger partial charge in [0.25, 0.3) is 0 Å².